The second-order valence-corrected chi connectivity index (χ2v) is 9.02. The van der Waals surface area contributed by atoms with Crippen LogP contribution in [0.4, 0.5) is 5.82 Å². The van der Waals surface area contributed by atoms with Gasteiger partial charge in [-0.15, -0.1) is 0 Å². The lowest BCUT2D eigenvalue weighted by Crippen LogP contribution is -2.64. The van der Waals surface area contributed by atoms with Crippen molar-refractivity contribution in [3.63, 3.8) is 0 Å². The molecule has 1 aromatic heterocycles. The highest BCUT2D eigenvalue weighted by Gasteiger charge is 2.53. The molecule has 5 aliphatic rings. The maximum atomic E-state index is 5.67. The van der Waals surface area contributed by atoms with Crippen LogP contribution < -0.4 is 10.6 Å². The molecule has 4 bridgehead atoms. The van der Waals surface area contributed by atoms with Crippen molar-refractivity contribution in [2.75, 3.05) is 37.6 Å². The lowest BCUT2D eigenvalue weighted by Gasteiger charge is -2.61. The average molecular weight is 342 g/mol. The first-order chi connectivity index (χ1) is 12.2. The van der Waals surface area contributed by atoms with E-state index >= 15 is 0 Å². The summed E-state index contributed by atoms with van der Waals surface area (Å²) >= 11 is 0. The third kappa shape index (κ3) is 2.85. The van der Waals surface area contributed by atoms with E-state index in [0.29, 0.717) is 12.1 Å². The first-order valence-corrected chi connectivity index (χ1v) is 10.2. The minimum atomic E-state index is 0.553. The molecule has 6 rings (SSSR count). The van der Waals surface area contributed by atoms with Crippen molar-refractivity contribution in [2.24, 2.45) is 23.5 Å². The van der Waals surface area contributed by atoms with Crippen molar-refractivity contribution >= 4 is 5.82 Å². The molecule has 4 saturated carbocycles. The van der Waals surface area contributed by atoms with Crippen LogP contribution in [0.15, 0.2) is 12.4 Å². The zero-order chi connectivity index (χ0) is 16.9. The summed E-state index contributed by atoms with van der Waals surface area (Å²) < 4.78 is 0. The monoisotopic (exact) mass is 341 g/mol. The van der Waals surface area contributed by atoms with Gasteiger partial charge in [-0.1, -0.05) is 0 Å². The Kier molecular flexibility index (Phi) is 3.97. The standard InChI is InChI=1S/C20H31N5/c21-2-1-18-10-19(23-14-22-18)24-3-5-25(6-4-24)20-11-15-7-16(12-20)9-17(8-15)13-20/h10,14-17H,1-9,11-13,21H2. The summed E-state index contributed by atoms with van der Waals surface area (Å²) in [5.74, 6) is 4.18. The van der Waals surface area contributed by atoms with Gasteiger partial charge in [0.25, 0.3) is 0 Å². The Balaban J connectivity index is 1.27. The molecule has 0 radical (unpaired) electrons. The molecule has 25 heavy (non-hydrogen) atoms. The van der Waals surface area contributed by atoms with Gasteiger partial charge < -0.3 is 10.6 Å². The molecule has 1 saturated heterocycles. The quantitative estimate of drug-likeness (QED) is 0.908. The Labute approximate surface area is 151 Å². The van der Waals surface area contributed by atoms with E-state index in [9.17, 15) is 0 Å². The Morgan fingerprint density at radius 3 is 2.20 bits per heavy atom. The van der Waals surface area contributed by atoms with Crippen molar-refractivity contribution in [1.29, 1.82) is 0 Å². The smallest absolute Gasteiger partial charge is 0.132 e. The molecule has 1 aromatic rings. The van der Waals surface area contributed by atoms with E-state index in [1.54, 1.807) is 6.33 Å². The predicted octanol–water partition coefficient (Wildman–Crippen LogP) is 2.07. The second-order valence-electron chi connectivity index (χ2n) is 9.02. The van der Waals surface area contributed by atoms with Crippen LogP contribution in [-0.4, -0.2) is 53.1 Å². The molecule has 5 fully saturated rings. The SMILES string of the molecule is NCCc1cc(N2CCN(C34CC5CC(CC(C5)C3)C4)CC2)ncn1. The second kappa shape index (κ2) is 6.20. The average Bonchev–Trinajstić information content (AvgIpc) is 2.61. The van der Waals surface area contributed by atoms with Crippen LogP contribution in [0.5, 0.6) is 0 Å². The minimum absolute atomic E-state index is 0.553. The van der Waals surface area contributed by atoms with Crippen molar-refractivity contribution < 1.29 is 0 Å². The summed E-state index contributed by atoms with van der Waals surface area (Å²) in [7, 11) is 0. The Hall–Kier alpha value is -1.20. The van der Waals surface area contributed by atoms with Gasteiger partial charge in [0, 0.05) is 49.9 Å². The van der Waals surface area contributed by atoms with E-state index in [1.165, 1.54) is 51.6 Å². The number of hydrogen-bond acceptors (Lipinski definition) is 5. The molecule has 2 heterocycles. The van der Waals surface area contributed by atoms with Gasteiger partial charge in [-0.05, 0) is 62.8 Å². The lowest BCUT2D eigenvalue weighted by atomic mass is 9.52. The van der Waals surface area contributed by atoms with E-state index in [4.69, 9.17) is 5.73 Å². The maximum Gasteiger partial charge on any atom is 0.132 e. The summed E-state index contributed by atoms with van der Waals surface area (Å²) in [4.78, 5) is 14.2. The predicted molar refractivity (Wildman–Crippen MR) is 99.5 cm³/mol. The van der Waals surface area contributed by atoms with Crippen LogP contribution in [0.2, 0.25) is 0 Å². The van der Waals surface area contributed by atoms with Crippen molar-refractivity contribution in [3.8, 4) is 0 Å². The van der Waals surface area contributed by atoms with Gasteiger partial charge in [0.2, 0.25) is 0 Å². The van der Waals surface area contributed by atoms with Crippen LogP contribution >= 0.6 is 0 Å². The van der Waals surface area contributed by atoms with Crippen molar-refractivity contribution in [3.05, 3.63) is 18.1 Å². The van der Waals surface area contributed by atoms with Gasteiger partial charge >= 0.3 is 0 Å². The summed E-state index contributed by atoms with van der Waals surface area (Å²) in [6, 6.07) is 2.13. The molecule has 136 valence electrons. The minimum Gasteiger partial charge on any atom is -0.354 e. The summed E-state index contributed by atoms with van der Waals surface area (Å²) in [6.45, 7) is 5.24. The van der Waals surface area contributed by atoms with E-state index in [0.717, 1.165) is 48.8 Å². The molecule has 5 nitrogen and oxygen atoms in total. The van der Waals surface area contributed by atoms with Crippen LogP contribution in [-0.2, 0) is 6.42 Å². The van der Waals surface area contributed by atoms with Crippen molar-refractivity contribution in [1.82, 2.24) is 14.9 Å². The zero-order valence-corrected chi connectivity index (χ0v) is 15.2. The Morgan fingerprint density at radius 2 is 1.60 bits per heavy atom. The fourth-order valence-electron chi connectivity index (χ4n) is 6.71. The van der Waals surface area contributed by atoms with Crippen LogP contribution in [0.25, 0.3) is 0 Å². The van der Waals surface area contributed by atoms with Crippen LogP contribution in [0, 0.1) is 17.8 Å². The van der Waals surface area contributed by atoms with Gasteiger partial charge in [0.1, 0.15) is 12.1 Å². The number of aromatic nitrogens is 2. The molecular formula is C20H31N5. The molecular weight excluding hydrogens is 310 g/mol. The van der Waals surface area contributed by atoms with Gasteiger partial charge in [-0.25, -0.2) is 9.97 Å². The zero-order valence-electron chi connectivity index (χ0n) is 15.2. The number of nitrogens with zero attached hydrogens (tertiary/aromatic N) is 4. The highest BCUT2D eigenvalue weighted by molar-refractivity contribution is 5.39. The largest absolute Gasteiger partial charge is 0.354 e. The van der Waals surface area contributed by atoms with Gasteiger partial charge in [0.05, 0.1) is 0 Å². The fraction of sp³-hybridized carbons (Fsp3) is 0.800. The first-order valence-electron chi connectivity index (χ1n) is 10.2. The lowest BCUT2D eigenvalue weighted by molar-refractivity contribution is -0.0901. The molecule has 0 amide bonds. The summed E-state index contributed by atoms with van der Waals surface area (Å²) in [5, 5.41) is 0. The highest BCUT2D eigenvalue weighted by atomic mass is 15.3. The van der Waals surface area contributed by atoms with Gasteiger partial charge in [-0.3, -0.25) is 4.90 Å². The number of rotatable bonds is 4. The van der Waals surface area contributed by atoms with Crippen LogP contribution in [0.3, 0.4) is 0 Å². The Bertz CT molecular complexity index is 587. The highest BCUT2D eigenvalue weighted by Crippen LogP contribution is 2.57. The Morgan fingerprint density at radius 1 is 0.960 bits per heavy atom. The maximum absolute atomic E-state index is 5.67. The summed E-state index contributed by atoms with van der Waals surface area (Å²) in [6.07, 6.45) is 11.6. The summed E-state index contributed by atoms with van der Waals surface area (Å²) in [5.41, 5.74) is 7.29. The third-order valence-electron chi connectivity index (χ3n) is 7.39. The normalized spacial score (nSPS) is 37.6. The third-order valence-corrected chi connectivity index (χ3v) is 7.39. The molecule has 2 N–H and O–H groups in total. The van der Waals surface area contributed by atoms with E-state index in [1.807, 2.05) is 0 Å². The first kappa shape index (κ1) is 16.0. The number of hydrogen-bond donors (Lipinski definition) is 1. The van der Waals surface area contributed by atoms with Gasteiger partial charge in [-0.2, -0.15) is 0 Å². The number of anilines is 1. The van der Waals surface area contributed by atoms with Crippen molar-refractivity contribution in [2.45, 2.75) is 50.5 Å². The molecule has 0 unspecified atom stereocenters. The van der Waals surface area contributed by atoms with E-state index in [2.05, 4.69) is 25.8 Å². The molecule has 5 heteroatoms. The molecule has 1 aliphatic heterocycles. The van der Waals surface area contributed by atoms with Crippen LogP contribution in [0.1, 0.15) is 44.2 Å². The van der Waals surface area contributed by atoms with Gasteiger partial charge in [0.15, 0.2) is 0 Å². The molecule has 4 aliphatic carbocycles. The molecule has 0 spiro atoms. The number of piperazine rings is 1. The molecule has 0 aromatic carbocycles. The van der Waals surface area contributed by atoms with E-state index in [-0.39, 0.29) is 0 Å². The fourth-order valence-corrected chi connectivity index (χ4v) is 6.71. The topological polar surface area (TPSA) is 58.3 Å². The number of nitrogens with two attached hydrogens (primary N) is 1. The van der Waals surface area contributed by atoms with E-state index < -0.39 is 0 Å². The molecule has 0 atom stereocenters.